The van der Waals surface area contributed by atoms with Crippen LogP contribution in [0, 0.1) is 0 Å². The van der Waals surface area contributed by atoms with Gasteiger partial charge in [0.05, 0.1) is 23.9 Å². The first-order valence-corrected chi connectivity index (χ1v) is 11.4. The maximum Gasteiger partial charge on any atom is 0.268 e. The second-order valence-corrected chi connectivity index (χ2v) is 8.52. The van der Waals surface area contributed by atoms with Gasteiger partial charge < -0.3 is 15.4 Å². The van der Waals surface area contributed by atoms with Gasteiger partial charge in [-0.05, 0) is 46.8 Å². The van der Waals surface area contributed by atoms with E-state index >= 15 is 0 Å². The summed E-state index contributed by atoms with van der Waals surface area (Å²) >= 11 is 1.33. The fourth-order valence-corrected chi connectivity index (χ4v) is 4.66. The Hall–Kier alpha value is -4.30. The van der Waals surface area contributed by atoms with Crippen LogP contribution in [0.4, 0.5) is 11.4 Å². The average molecular weight is 470 g/mol. The van der Waals surface area contributed by atoms with Crippen LogP contribution in [0.15, 0.2) is 81.8 Å². The monoisotopic (exact) mass is 469 g/mol. The Morgan fingerprint density at radius 2 is 1.88 bits per heavy atom. The van der Waals surface area contributed by atoms with Crippen LogP contribution in [0.1, 0.15) is 15.2 Å². The van der Waals surface area contributed by atoms with Gasteiger partial charge in [-0.3, -0.25) is 19.4 Å². The number of thiophene rings is 1. The molecule has 0 spiro atoms. The number of para-hydroxylation sites is 1. The van der Waals surface area contributed by atoms with Gasteiger partial charge in [0.15, 0.2) is 5.75 Å². The number of anilines is 2. The fourth-order valence-electron chi connectivity index (χ4n) is 3.89. The highest BCUT2D eigenvalue weighted by Gasteiger charge is 2.23. The molecule has 34 heavy (non-hydrogen) atoms. The Bertz CT molecular complexity index is 1590. The van der Waals surface area contributed by atoms with Crippen molar-refractivity contribution in [2.45, 2.75) is 6.54 Å². The normalized spacial score (nSPS) is 11.0. The lowest BCUT2D eigenvalue weighted by molar-refractivity contribution is 0.103. The summed E-state index contributed by atoms with van der Waals surface area (Å²) in [5.74, 6) is -0.229. The third kappa shape index (κ3) is 3.84. The molecule has 2 heterocycles. The largest absolute Gasteiger partial charge is 0.492 e. The van der Waals surface area contributed by atoms with E-state index in [2.05, 4.69) is 15.6 Å². The first-order valence-electron chi connectivity index (χ1n) is 10.5. The summed E-state index contributed by atoms with van der Waals surface area (Å²) in [6.45, 7) is 0.541. The number of pyridine rings is 1. The molecule has 0 aliphatic rings. The zero-order valence-corrected chi connectivity index (χ0v) is 18.9. The molecular weight excluding hydrogens is 450 g/mol. The van der Waals surface area contributed by atoms with Crippen molar-refractivity contribution in [1.29, 1.82) is 0 Å². The third-order valence-electron chi connectivity index (χ3n) is 5.56. The Morgan fingerprint density at radius 3 is 2.74 bits per heavy atom. The van der Waals surface area contributed by atoms with Gasteiger partial charge in [-0.25, -0.2) is 0 Å². The van der Waals surface area contributed by atoms with Crippen molar-refractivity contribution in [3.05, 3.63) is 103 Å². The maximum atomic E-state index is 13.0. The molecule has 168 valence electrons. The van der Waals surface area contributed by atoms with E-state index in [9.17, 15) is 14.4 Å². The van der Waals surface area contributed by atoms with Crippen molar-refractivity contribution in [3.8, 4) is 16.9 Å². The molecule has 2 aromatic heterocycles. The molecule has 3 aromatic carbocycles. The number of hydrogen-bond acceptors (Lipinski definition) is 7. The minimum absolute atomic E-state index is 0.0434. The molecule has 0 unspecified atom stereocenters. The molecule has 0 bridgehead atoms. The van der Waals surface area contributed by atoms with Crippen LogP contribution in [0.5, 0.6) is 5.75 Å². The van der Waals surface area contributed by atoms with Crippen LogP contribution in [-0.2, 0) is 6.54 Å². The minimum Gasteiger partial charge on any atom is -0.492 e. The molecule has 0 saturated carbocycles. The molecule has 0 radical (unpaired) electrons. The summed E-state index contributed by atoms with van der Waals surface area (Å²) in [5.41, 5.74) is 2.76. The Balaban J connectivity index is 1.33. The summed E-state index contributed by atoms with van der Waals surface area (Å²) in [5, 5.41) is 9.15. The summed E-state index contributed by atoms with van der Waals surface area (Å²) in [6, 6.07) is 18.5. The maximum absolute atomic E-state index is 13.0. The number of rotatable bonds is 7. The number of carbonyl (C=O) groups is 1. The topological polar surface area (TPSA) is 97.4 Å². The highest BCUT2D eigenvalue weighted by molar-refractivity contribution is 7.12. The van der Waals surface area contributed by atoms with Crippen LogP contribution in [-0.4, -0.2) is 18.0 Å². The van der Waals surface area contributed by atoms with Crippen LogP contribution >= 0.6 is 11.3 Å². The van der Waals surface area contributed by atoms with Crippen LogP contribution in [0.25, 0.3) is 22.0 Å². The van der Waals surface area contributed by atoms with Gasteiger partial charge in [0.1, 0.15) is 4.88 Å². The van der Waals surface area contributed by atoms with E-state index in [1.165, 1.54) is 18.4 Å². The molecular formula is C26H19N3O4S. The predicted molar refractivity (Wildman–Crippen MR) is 135 cm³/mol. The van der Waals surface area contributed by atoms with Gasteiger partial charge in [-0.1, -0.05) is 30.3 Å². The highest BCUT2D eigenvalue weighted by atomic mass is 32.1. The molecule has 1 amide bonds. The van der Waals surface area contributed by atoms with Gasteiger partial charge in [0.25, 0.3) is 11.3 Å². The third-order valence-corrected chi connectivity index (χ3v) is 6.47. The first kappa shape index (κ1) is 21.5. The number of ether oxygens (including phenoxy) is 1. The number of methoxy groups -OCH3 is 1. The van der Waals surface area contributed by atoms with Crippen LogP contribution in [0.3, 0.4) is 0 Å². The number of amides is 1. The number of carbonyl (C=O) groups excluding carboxylic acids is 1. The summed E-state index contributed by atoms with van der Waals surface area (Å²) in [4.78, 5) is 41.6. The van der Waals surface area contributed by atoms with Crippen molar-refractivity contribution < 1.29 is 9.53 Å². The summed E-state index contributed by atoms with van der Waals surface area (Å²) in [6.07, 6.45) is 1.78. The Labute approximate surface area is 198 Å². The van der Waals surface area contributed by atoms with Crippen molar-refractivity contribution in [2.75, 3.05) is 17.7 Å². The predicted octanol–water partition coefficient (Wildman–Crippen LogP) is 4.43. The van der Waals surface area contributed by atoms with Crippen molar-refractivity contribution >= 4 is 39.5 Å². The molecule has 5 aromatic rings. The average Bonchev–Trinajstić information content (AvgIpc) is 3.34. The molecule has 0 aliphatic heterocycles. The van der Waals surface area contributed by atoms with Gasteiger partial charge in [-0.2, -0.15) is 0 Å². The van der Waals surface area contributed by atoms with Gasteiger partial charge in [-0.15, -0.1) is 11.3 Å². The summed E-state index contributed by atoms with van der Waals surface area (Å²) in [7, 11) is 1.35. The zero-order chi connectivity index (χ0) is 23.7. The van der Waals surface area contributed by atoms with E-state index in [0.717, 1.165) is 22.2 Å². The molecule has 0 fully saturated rings. The van der Waals surface area contributed by atoms with Crippen molar-refractivity contribution in [3.63, 3.8) is 0 Å². The van der Waals surface area contributed by atoms with Crippen molar-refractivity contribution in [1.82, 2.24) is 4.98 Å². The number of nitrogens with zero attached hydrogens (tertiary/aromatic N) is 1. The molecule has 0 aliphatic carbocycles. The lowest BCUT2D eigenvalue weighted by Crippen LogP contribution is -2.34. The highest BCUT2D eigenvalue weighted by Crippen LogP contribution is 2.29. The standard InChI is InChI=1S/C26H19N3O4S/c1-33-24-21(22(30)23(24)31)15-5-4-6-17(13-15)29-26(32)25-20(10-12-34-25)28-14-16-9-11-27-19-8-3-2-7-18(16)19/h2-13,28H,14H2,1H3,(H,29,32). The first-order chi connectivity index (χ1) is 16.6. The smallest absolute Gasteiger partial charge is 0.268 e. The minimum atomic E-state index is -0.636. The van der Waals surface area contributed by atoms with Gasteiger partial charge in [0.2, 0.25) is 5.43 Å². The number of fused-ring (bicyclic) bond motifs is 1. The lowest BCUT2D eigenvalue weighted by atomic mass is 9.99. The Morgan fingerprint density at radius 1 is 1.03 bits per heavy atom. The Kier molecular flexibility index (Phi) is 5.65. The van der Waals surface area contributed by atoms with E-state index in [1.54, 1.807) is 30.5 Å². The quantitative estimate of drug-likeness (QED) is 0.342. The van der Waals surface area contributed by atoms with Gasteiger partial charge in [0, 0.05) is 23.8 Å². The number of hydrogen-bond donors (Lipinski definition) is 2. The number of nitrogens with one attached hydrogen (secondary N) is 2. The zero-order valence-electron chi connectivity index (χ0n) is 18.1. The number of aromatic nitrogens is 1. The van der Waals surface area contributed by atoms with E-state index in [0.29, 0.717) is 22.7 Å². The molecule has 8 heteroatoms. The second kappa shape index (κ2) is 8.92. The van der Waals surface area contributed by atoms with E-state index in [4.69, 9.17) is 4.74 Å². The molecule has 5 rings (SSSR count). The van der Waals surface area contributed by atoms with Crippen LogP contribution in [0.2, 0.25) is 0 Å². The summed E-state index contributed by atoms with van der Waals surface area (Å²) < 4.78 is 5.03. The second-order valence-electron chi connectivity index (χ2n) is 7.61. The van der Waals surface area contributed by atoms with Crippen LogP contribution < -0.4 is 26.2 Å². The van der Waals surface area contributed by atoms with E-state index < -0.39 is 10.9 Å². The molecule has 2 N–H and O–H groups in total. The number of benzene rings is 2. The van der Waals surface area contributed by atoms with Crippen molar-refractivity contribution in [2.24, 2.45) is 0 Å². The van der Waals surface area contributed by atoms with E-state index in [1.807, 2.05) is 41.8 Å². The molecule has 7 nitrogen and oxygen atoms in total. The van der Waals surface area contributed by atoms with Gasteiger partial charge >= 0.3 is 0 Å². The fraction of sp³-hybridized carbons (Fsp3) is 0.0769. The SMILES string of the molecule is COc1c(-c2cccc(NC(=O)c3sccc3NCc3ccnc4ccccc34)c2)c(=O)c1=O. The molecule has 0 atom stereocenters. The molecule has 0 saturated heterocycles. The lowest BCUT2D eigenvalue weighted by Gasteiger charge is -2.12. The van der Waals surface area contributed by atoms with E-state index in [-0.39, 0.29) is 17.2 Å².